The molecule has 5 heteroatoms. The molecule has 5 saturated carbocycles. The molecule has 0 saturated heterocycles. The van der Waals surface area contributed by atoms with Gasteiger partial charge in [-0.25, -0.2) is 4.98 Å². The Balaban J connectivity index is 1.21. The monoisotopic (exact) mass is 387 g/mol. The third-order valence-electron chi connectivity index (χ3n) is 7.98. The maximum absolute atomic E-state index is 12.7. The first-order valence-electron chi connectivity index (χ1n) is 10.9. The first-order valence-corrected chi connectivity index (χ1v) is 11.9. The molecule has 4 nitrogen and oxygen atoms in total. The fourth-order valence-corrected chi connectivity index (χ4v) is 7.71. The van der Waals surface area contributed by atoms with Crippen molar-refractivity contribution in [2.45, 2.75) is 89.4 Å². The molecule has 0 aromatic carbocycles. The molecule has 1 aromatic heterocycles. The fraction of sp³-hybridized carbons (Fsp3) is 0.818. The molecule has 0 unspecified atom stereocenters. The number of nitrogens with zero attached hydrogens (tertiary/aromatic N) is 2. The quantitative estimate of drug-likeness (QED) is 0.723. The maximum Gasteiger partial charge on any atom is 0.230 e. The average molecular weight is 388 g/mol. The number of amides is 1. The number of thioether (sulfide) groups is 1. The van der Waals surface area contributed by atoms with Crippen LogP contribution in [0, 0.1) is 37.0 Å². The van der Waals surface area contributed by atoms with Crippen molar-refractivity contribution in [1.29, 1.82) is 0 Å². The van der Waals surface area contributed by atoms with Gasteiger partial charge in [0, 0.05) is 17.8 Å². The van der Waals surface area contributed by atoms with Crippen molar-refractivity contribution >= 4 is 17.7 Å². The topological polar surface area (TPSA) is 46.9 Å². The maximum atomic E-state index is 12.7. The van der Waals surface area contributed by atoms with Gasteiger partial charge in [-0.1, -0.05) is 11.8 Å². The minimum atomic E-state index is 0.184. The molecule has 5 aliphatic carbocycles. The normalized spacial score (nSPS) is 35.4. The lowest BCUT2D eigenvalue weighted by atomic mass is 9.48. The van der Waals surface area contributed by atoms with Crippen LogP contribution in [0.1, 0.15) is 75.7 Å². The molecule has 1 N–H and O–H groups in total. The number of hydrogen-bond donors (Lipinski definition) is 1. The largest absolute Gasteiger partial charge is 0.352 e. The molecule has 4 bridgehead atoms. The Bertz CT molecular complexity index is 716. The third kappa shape index (κ3) is 3.24. The van der Waals surface area contributed by atoms with Gasteiger partial charge < -0.3 is 9.88 Å². The van der Waals surface area contributed by atoms with E-state index < -0.39 is 0 Å². The first-order chi connectivity index (χ1) is 12.9. The highest BCUT2D eigenvalue weighted by atomic mass is 32.2. The molecule has 0 aliphatic heterocycles. The predicted octanol–water partition coefficient (Wildman–Crippen LogP) is 4.65. The molecule has 27 heavy (non-hydrogen) atoms. The molecular formula is C22H33N3OS. The molecular weight excluding hydrogens is 354 g/mol. The van der Waals surface area contributed by atoms with Gasteiger partial charge in [0.05, 0.1) is 11.4 Å². The molecule has 6 rings (SSSR count). The van der Waals surface area contributed by atoms with E-state index in [1.807, 2.05) is 0 Å². The predicted molar refractivity (Wildman–Crippen MR) is 109 cm³/mol. The zero-order valence-corrected chi connectivity index (χ0v) is 17.8. The van der Waals surface area contributed by atoms with E-state index in [-0.39, 0.29) is 5.91 Å². The second-order valence-electron chi connectivity index (χ2n) is 10.0. The van der Waals surface area contributed by atoms with E-state index in [1.54, 1.807) is 11.8 Å². The van der Waals surface area contributed by atoms with E-state index in [9.17, 15) is 4.79 Å². The second kappa shape index (κ2) is 6.53. The zero-order chi connectivity index (χ0) is 18.8. The number of carbonyl (C=O) groups is 1. The van der Waals surface area contributed by atoms with Crippen molar-refractivity contribution < 1.29 is 4.79 Å². The van der Waals surface area contributed by atoms with Crippen LogP contribution in [0.15, 0.2) is 5.16 Å². The van der Waals surface area contributed by atoms with Crippen LogP contribution in [0.5, 0.6) is 0 Å². The van der Waals surface area contributed by atoms with Crippen LogP contribution >= 0.6 is 11.8 Å². The molecule has 0 radical (unpaired) electrons. The Morgan fingerprint density at radius 2 is 1.78 bits per heavy atom. The van der Waals surface area contributed by atoms with E-state index in [1.165, 1.54) is 57.1 Å². The highest BCUT2D eigenvalue weighted by Crippen LogP contribution is 2.61. The number of carbonyl (C=O) groups excluding carboxylic acids is 1. The lowest BCUT2D eigenvalue weighted by Gasteiger charge is -2.59. The summed E-state index contributed by atoms with van der Waals surface area (Å²) in [4.78, 5) is 17.5. The van der Waals surface area contributed by atoms with Crippen LogP contribution in [-0.4, -0.2) is 27.3 Å². The molecule has 1 atom stereocenters. The molecule has 0 spiro atoms. The minimum absolute atomic E-state index is 0.184. The average Bonchev–Trinajstić information content (AvgIpc) is 3.39. The minimum Gasteiger partial charge on any atom is -0.352 e. The van der Waals surface area contributed by atoms with Crippen LogP contribution in [-0.2, 0) is 4.79 Å². The lowest BCUT2D eigenvalue weighted by molar-refractivity contribution is -0.123. The SMILES string of the molecule is Cc1nc(SCC(=O)N[C@@H](C)C23CC4CC(CC(C4)C2)C3)n(C2CC2)c1C. The summed E-state index contributed by atoms with van der Waals surface area (Å²) >= 11 is 1.62. The zero-order valence-electron chi connectivity index (χ0n) is 17.0. The van der Waals surface area contributed by atoms with Gasteiger partial charge in [0.15, 0.2) is 5.16 Å². The summed E-state index contributed by atoms with van der Waals surface area (Å²) in [6.45, 7) is 6.50. The van der Waals surface area contributed by atoms with Gasteiger partial charge >= 0.3 is 0 Å². The van der Waals surface area contributed by atoms with Gasteiger partial charge in [-0.15, -0.1) is 0 Å². The molecule has 5 fully saturated rings. The third-order valence-corrected chi connectivity index (χ3v) is 8.93. The highest BCUT2D eigenvalue weighted by molar-refractivity contribution is 7.99. The summed E-state index contributed by atoms with van der Waals surface area (Å²) in [6, 6.07) is 0.924. The Kier molecular flexibility index (Phi) is 4.38. The Morgan fingerprint density at radius 3 is 2.33 bits per heavy atom. The fourth-order valence-electron chi connectivity index (χ4n) is 6.73. The first kappa shape index (κ1) is 18.1. The number of aromatic nitrogens is 2. The Morgan fingerprint density at radius 1 is 1.19 bits per heavy atom. The van der Waals surface area contributed by atoms with E-state index >= 15 is 0 Å². The van der Waals surface area contributed by atoms with Gasteiger partial charge in [0.1, 0.15) is 0 Å². The van der Waals surface area contributed by atoms with Crippen LogP contribution in [0.25, 0.3) is 0 Å². The van der Waals surface area contributed by atoms with Crippen molar-refractivity contribution in [3.05, 3.63) is 11.4 Å². The van der Waals surface area contributed by atoms with Crippen LogP contribution in [0.3, 0.4) is 0 Å². The number of rotatable bonds is 6. The molecule has 5 aliphatic rings. The van der Waals surface area contributed by atoms with Crippen molar-refractivity contribution in [3.63, 3.8) is 0 Å². The Hall–Kier alpha value is -0.970. The number of hydrogen-bond acceptors (Lipinski definition) is 3. The smallest absolute Gasteiger partial charge is 0.230 e. The van der Waals surface area contributed by atoms with Gasteiger partial charge in [-0.2, -0.15) is 0 Å². The van der Waals surface area contributed by atoms with Gasteiger partial charge in [-0.3, -0.25) is 4.79 Å². The summed E-state index contributed by atoms with van der Waals surface area (Å²) in [5, 5.41) is 4.43. The van der Waals surface area contributed by atoms with Crippen molar-refractivity contribution in [2.75, 3.05) is 5.75 Å². The summed E-state index contributed by atoms with van der Waals surface area (Å²) in [5.41, 5.74) is 2.75. The lowest BCUT2D eigenvalue weighted by Crippen LogP contribution is -2.56. The van der Waals surface area contributed by atoms with Crippen LogP contribution < -0.4 is 5.32 Å². The van der Waals surface area contributed by atoms with E-state index in [0.717, 1.165) is 28.6 Å². The highest BCUT2D eigenvalue weighted by Gasteiger charge is 2.53. The van der Waals surface area contributed by atoms with Crippen molar-refractivity contribution in [2.24, 2.45) is 23.2 Å². The molecule has 1 heterocycles. The summed E-state index contributed by atoms with van der Waals surface area (Å²) in [7, 11) is 0. The van der Waals surface area contributed by atoms with Crippen molar-refractivity contribution in [3.8, 4) is 0 Å². The molecule has 1 amide bonds. The number of aryl methyl sites for hydroxylation is 1. The van der Waals surface area contributed by atoms with Gasteiger partial charge in [0.2, 0.25) is 5.91 Å². The summed E-state index contributed by atoms with van der Waals surface area (Å²) in [5.74, 6) is 3.47. The molecule has 1 aromatic rings. The van der Waals surface area contributed by atoms with Gasteiger partial charge in [0.25, 0.3) is 0 Å². The van der Waals surface area contributed by atoms with E-state index in [0.29, 0.717) is 23.3 Å². The molecule has 148 valence electrons. The summed E-state index contributed by atoms with van der Waals surface area (Å²) in [6.07, 6.45) is 10.9. The second-order valence-corrected chi connectivity index (χ2v) is 11.0. The van der Waals surface area contributed by atoms with Crippen molar-refractivity contribution in [1.82, 2.24) is 14.9 Å². The number of imidazole rings is 1. The van der Waals surface area contributed by atoms with E-state index in [2.05, 4.69) is 30.7 Å². The van der Waals surface area contributed by atoms with E-state index in [4.69, 9.17) is 4.98 Å². The van der Waals surface area contributed by atoms with Gasteiger partial charge in [-0.05, 0) is 95.3 Å². The summed E-state index contributed by atoms with van der Waals surface area (Å²) < 4.78 is 2.36. The standard InChI is InChI=1S/C22H33N3OS/c1-13-14(2)25(19-4-5-19)21(23-13)27-12-20(26)24-15(3)22-9-16-6-17(10-22)8-18(7-16)11-22/h15-19H,4-12H2,1-3H3,(H,24,26)/t15-,16?,17?,18?,22?/m0/s1. The Labute approximate surface area is 167 Å². The number of nitrogens with one attached hydrogen (secondary N) is 1. The van der Waals surface area contributed by atoms with Crippen LogP contribution in [0.2, 0.25) is 0 Å². The van der Waals surface area contributed by atoms with Crippen LogP contribution in [0.4, 0.5) is 0 Å².